The lowest BCUT2D eigenvalue weighted by molar-refractivity contribution is 0.102. The Morgan fingerprint density at radius 3 is 2.57 bits per heavy atom. The van der Waals surface area contributed by atoms with E-state index in [1.54, 1.807) is 30.6 Å². The van der Waals surface area contributed by atoms with Gasteiger partial charge in [-0.1, -0.05) is 12.1 Å². The van der Waals surface area contributed by atoms with Gasteiger partial charge < -0.3 is 9.88 Å². The van der Waals surface area contributed by atoms with Crippen molar-refractivity contribution in [1.29, 1.82) is 0 Å². The van der Waals surface area contributed by atoms with E-state index < -0.39 is 0 Å². The maximum atomic E-state index is 12.2. The molecule has 0 aliphatic rings. The number of hydrogen-bond donors (Lipinski definition) is 1. The Hall–Kier alpha value is -2.73. The zero-order valence-corrected chi connectivity index (χ0v) is 13.6. The van der Waals surface area contributed by atoms with Gasteiger partial charge in [-0.05, 0) is 25.1 Å². The monoisotopic (exact) mass is 325 g/mol. The quantitative estimate of drug-likeness (QED) is 0.805. The van der Waals surface area contributed by atoms with Crippen LogP contribution in [0.15, 0.2) is 52.8 Å². The number of pyridine rings is 1. The van der Waals surface area contributed by atoms with Gasteiger partial charge in [-0.25, -0.2) is 4.98 Å². The van der Waals surface area contributed by atoms with Gasteiger partial charge in [0.05, 0.1) is 10.7 Å². The number of nitrogens with zero attached hydrogens (tertiary/aromatic N) is 2. The standard InChI is InChI=1S/C17H15N3O2S/c1-11-18-15(10-23-11)12-3-5-14(6-4-12)19-17(22)13-7-8-20(2)16(21)9-13/h3-10H,1-2H3,(H,19,22). The van der Waals surface area contributed by atoms with Crippen molar-refractivity contribution < 1.29 is 4.79 Å². The molecular formula is C17H15N3O2S. The first-order valence-electron chi connectivity index (χ1n) is 7.03. The van der Waals surface area contributed by atoms with Gasteiger partial charge in [0.25, 0.3) is 11.5 Å². The lowest BCUT2D eigenvalue weighted by atomic mass is 10.1. The van der Waals surface area contributed by atoms with Crippen LogP contribution < -0.4 is 10.9 Å². The van der Waals surface area contributed by atoms with Gasteiger partial charge in [-0.3, -0.25) is 9.59 Å². The Bertz CT molecular complexity index is 910. The van der Waals surface area contributed by atoms with Gasteiger partial charge in [0, 0.05) is 41.5 Å². The van der Waals surface area contributed by atoms with E-state index in [-0.39, 0.29) is 11.5 Å². The van der Waals surface area contributed by atoms with Crippen LogP contribution in [0.3, 0.4) is 0 Å². The summed E-state index contributed by atoms with van der Waals surface area (Å²) >= 11 is 1.60. The molecule has 0 radical (unpaired) electrons. The van der Waals surface area contributed by atoms with Crippen molar-refractivity contribution >= 4 is 22.9 Å². The normalized spacial score (nSPS) is 10.5. The number of hydrogen-bond acceptors (Lipinski definition) is 4. The topological polar surface area (TPSA) is 64.0 Å². The van der Waals surface area contributed by atoms with Crippen LogP contribution in [0.5, 0.6) is 0 Å². The third kappa shape index (κ3) is 3.37. The van der Waals surface area contributed by atoms with E-state index in [2.05, 4.69) is 10.3 Å². The predicted octanol–water partition coefficient (Wildman–Crippen LogP) is 3.07. The van der Waals surface area contributed by atoms with Gasteiger partial charge in [0.1, 0.15) is 0 Å². The van der Waals surface area contributed by atoms with Gasteiger partial charge >= 0.3 is 0 Å². The molecule has 0 saturated carbocycles. The summed E-state index contributed by atoms with van der Waals surface area (Å²) in [6, 6.07) is 10.4. The number of thiazole rings is 1. The molecule has 2 aromatic heterocycles. The summed E-state index contributed by atoms with van der Waals surface area (Å²) in [5.41, 5.74) is 2.73. The van der Waals surface area contributed by atoms with Crippen LogP contribution in [0, 0.1) is 6.92 Å². The van der Waals surface area contributed by atoms with E-state index in [1.165, 1.54) is 10.6 Å². The molecule has 0 unspecified atom stereocenters. The largest absolute Gasteiger partial charge is 0.322 e. The molecule has 23 heavy (non-hydrogen) atoms. The van der Waals surface area contributed by atoms with E-state index in [0.29, 0.717) is 11.3 Å². The summed E-state index contributed by atoms with van der Waals surface area (Å²) in [7, 11) is 1.64. The van der Waals surface area contributed by atoms with Gasteiger partial charge in [0.15, 0.2) is 0 Å². The molecular weight excluding hydrogens is 310 g/mol. The van der Waals surface area contributed by atoms with Gasteiger partial charge in [-0.15, -0.1) is 11.3 Å². The number of benzene rings is 1. The fraction of sp³-hybridized carbons (Fsp3) is 0.118. The van der Waals surface area contributed by atoms with E-state index >= 15 is 0 Å². The van der Waals surface area contributed by atoms with Gasteiger partial charge in [0.2, 0.25) is 0 Å². The van der Waals surface area contributed by atoms with Crippen molar-refractivity contribution in [3.8, 4) is 11.3 Å². The summed E-state index contributed by atoms with van der Waals surface area (Å²) < 4.78 is 1.42. The average molecular weight is 325 g/mol. The van der Waals surface area contributed by atoms with Crippen molar-refractivity contribution in [3.63, 3.8) is 0 Å². The van der Waals surface area contributed by atoms with Crippen LogP contribution in [0.4, 0.5) is 5.69 Å². The SMILES string of the molecule is Cc1nc(-c2ccc(NC(=O)c3ccn(C)c(=O)c3)cc2)cs1. The van der Waals surface area contributed by atoms with Crippen LogP contribution in [0.25, 0.3) is 11.3 Å². The lowest BCUT2D eigenvalue weighted by Gasteiger charge is -2.06. The lowest BCUT2D eigenvalue weighted by Crippen LogP contribution is -2.19. The Kier molecular flexibility index (Phi) is 4.08. The van der Waals surface area contributed by atoms with Crippen molar-refractivity contribution in [2.45, 2.75) is 6.92 Å². The molecule has 0 aliphatic heterocycles. The first-order valence-corrected chi connectivity index (χ1v) is 7.91. The molecule has 1 N–H and O–H groups in total. The molecule has 0 bridgehead atoms. The molecule has 3 rings (SSSR count). The molecule has 0 aliphatic carbocycles. The molecule has 6 heteroatoms. The molecule has 116 valence electrons. The number of anilines is 1. The molecule has 0 saturated heterocycles. The Morgan fingerprint density at radius 1 is 1.22 bits per heavy atom. The Balaban J connectivity index is 1.76. The van der Waals surface area contributed by atoms with Crippen LogP contribution >= 0.6 is 11.3 Å². The zero-order chi connectivity index (χ0) is 16.4. The van der Waals surface area contributed by atoms with E-state index in [0.717, 1.165) is 16.3 Å². The van der Waals surface area contributed by atoms with Crippen LogP contribution in [0.2, 0.25) is 0 Å². The molecule has 0 spiro atoms. The highest BCUT2D eigenvalue weighted by Gasteiger charge is 2.08. The Labute approximate surface area is 137 Å². The second-order valence-electron chi connectivity index (χ2n) is 5.15. The second kappa shape index (κ2) is 6.18. The van der Waals surface area contributed by atoms with Crippen molar-refractivity contribution in [2.24, 2.45) is 7.05 Å². The van der Waals surface area contributed by atoms with Crippen LogP contribution in [-0.4, -0.2) is 15.5 Å². The summed E-state index contributed by atoms with van der Waals surface area (Å²) in [6.45, 7) is 1.97. The highest BCUT2D eigenvalue weighted by molar-refractivity contribution is 7.09. The Morgan fingerprint density at radius 2 is 1.96 bits per heavy atom. The summed E-state index contributed by atoms with van der Waals surface area (Å²) in [4.78, 5) is 28.2. The van der Waals surface area contributed by atoms with Gasteiger partial charge in [-0.2, -0.15) is 0 Å². The predicted molar refractivity (Wildman–Crippen MR) is 91.9 cm³/mol. The maximum Gasteiger partial charge on any atom is 0.255 e. The van der Waals surface area contributed by atoms with Crippen LogP contribution in [0.1, 0.15) is 15.4 Å². The summed E-state index contributed by atoms with van der Waals surface area (Å²) in [6.07, 6.45) is 1.57. The highest BCUT2D eigenvalue weighted by atomic mass is 32.1. The number of aryl methyl sites for hydroxylation is 2. The number of amides is 1. The summed E-state index contributed by atoms with van der Waals surface area (Å²) in [5, 5.41) is 5.80. The van der Waals surface area contributed by atoms with Crippen LogP contribution in [-0.2, 0) is 7.05 Å². The van der Waals surface area contributed by atoms with E-state index in [9.17, 15) is 9.59 Å². The number of aromatic nitrogens is 2. The fourth-order valence-electron chi connectivity index (χ4n) is 2.11. The van der Waals surface area contributed by atoms with Crippen molar-refractivity contribution in [1.82, 2.24) is 9.55 Å². The summed E-state index contributed by atoms with van der Waals surface area (Å²) in [5.74, 6) is -0.306. The second-order valence-corrected chi connectivity index (χ2v) is 6.21. The number of carbonyl (C=O) groups excluding carboxylic acids is 1. The first-order chi connectivity index (χ1) is 11.0. The number of carbonyl (C=O) groups is 1. The highest BCUT2D eigenvalue weighted by Crippen LogP contribution is 2.23. The molecule has 5 nitrogen and oxygen atoms in total. The fourth-order valence-corrected chi connectivity index (χ4v) is 2.74. The molecule has 0 fully saturated rings. The smallest absolute Gasteiger partial charge is 0.255 e. The molecule has 1 aromatic carbocycles. The third-order valence-corrected chi connectivity index (χ3v) is 4.20. The van der Waals surface area contributed by atoms with E-state index in [1.807, 2.05) is 36.6 Å². The average Bonchev–Trinajstić information content (AvgIpc) is 2.97. The molecule has 2 heterocycles. The minimum absolute atomic E-state index is 0.216. The minimum Gasteiger partial charge on any atom is -0.322 e. The molecule has 3 aromatic rings. The maximum absolute atomic E-state index is 12.2. The number of rotatable bonds is 3. The van der Waals surface area contributed by atoms with Crippen molar-refractivity contribution in [3.05, 3.63) is 68.9 Å². The zero-order valence-electron chi connectivity index (χ0n) is 12.7. The van der Waals surface area contributed by atoms with E-state index in [4.69, 9.17) is 0 Å². The number of nitrogens with one attached hydrogen (secondary N) is 1. The minimum atomic E-state index is -0.306. The molecule has 0 atom stereocenters. The molecule has 1 amide bonds. The first kappa shape index (κ1) is 15.2. The van der Waals surface area contributed by atoms with Crippen molar-refractivity contribution in [2.75, 3.05) is 5.32 Å². The third-order valence-electron chi connectivity index (χ3n) is 3.42.